The minimum atomic E-state index is -0.455. The van der Waals surface area contributed by atoms with E-state index in [0.717, 1.165) is 11.4 Å². The molecule has 19 heavy (non-hydrogen) atoms. The predicted molar refractivity (Wildman–Crippen MR) is 70.9 cm³/mol. The van der Waals surface area contributed by atoms with Crippen molar-refractivity contribution in [2.24, 2.45) is 7.05 Å². The lowest BCUT2D eigenvalue weighted by atomic mass is 10.2. The van der Waals surface area contributed by atoms with Crippen LogP contribution in [0.2, 0.25) is 0 Å². The van der Waals surface area contributed by atoms with E-state index >= 15 is 0 Å². The summed E-state index contributed by atoms with van der Waals surface area (Å²) in [4.78, 5) is 10.4. The fraction of sp³-hybridized carbons (Fsp3) is 0.250. The zero-order chi connectivity index (χ0) is 14.0. The number of aryl methyl sites for hydroxylation is 2. The molecule has 1 heterocycles. The number of aromatic nitrogens is 2. The molecule has 0 atom stereocenters. The summed E-state index contributed by atoms with van der Waals surface area (Å²) in [5, 5.41) is 18.1. The first kappa shape index (κ1) is 12.9. The molecule has 0 spiro atoms. The van der Waals surface area contributed by atoms with Crippen molar-refractivity contribution in [3.8, 4) is 5.75 Å². The summed E-state index contributed by atoms with van der Waals surface area (Å²) in [7, 11) is 3.28. The van der Waals surface area contributed by atoms with Gasteiger partial charge >= 0.3 is 0 Å². The first-order chi connectivity index (χ1) is 8.99. The zero-order valence-corrected chi connectivity index (χ0v) is 10.9. The summed E-state index contributed by atoms with van der Waals surface area (Å²) in [6, 6.07) is 4.52. The third kappa shape index (κ3) is 2.82. The number of ether oxygens (including phenoxy) is 1. The molecule has 0 saturated heterocycles. The fourth-order valence-electron chi connectivity index (χ4n) is 1.76. The van der Waals surface area contributed by atoms with Crippen molar-refractivity contribution in [3.63, 3.8) is 0 Å². The van der Waals surface area contributed by atoms with Crippen LogP contribution in [0.4, 0.5) is 17.1 Å². The average Bonchev–Trinajstić information content (AvgIpc) is 2.67. The summed E-state index contributed by atoms with van der Waals surface area (Å²) >= 11 is 0. The first-order valence-corrected chi connectivity index (χ1v) is 5.60. The van der Waals surface area contributed by atoms with E-state index in [1.807, 2.05) is 14.0 Å². The van der Waals surface area contributed by atoms with Gasteiger partial charge in [-0.15, -0.1) is 0 Å². The maximum absolute atomic E-state index is 10.9. The zero-order valence-electron chi connectivity index (χ0n) is 10.9. The van der Waals surface area contributed by atoms with Crippen LogP contribution in [0.3, 0.4) is 0 Å². The highest BCUT2D eigenvalue weighted by Crippen LogP contribution is 2.28. The Kier molecular flexibility index (Phi) is 3.37. The highest BCUT2D eigenvalue weighted by atomic mass is 16.6. The minimum absolute atomic E-state index is 0.0246. The van der Waals surface area contributed by atoms with Gasteiger partial charge in [-0.25, -0.2) is 0 Å². The Bertz CT molecular complexity index is 621. The van der Waals surface area contributed by atoms with Crippen LogP contribution in [0.25, 0.3) is 0 Å². The molecular weight excluding hydrogens is 248 g/mol. The van der Waals surface area contributed by atoms with Gasteiger partial charge < -0.3 is 10.1 Å². The summed E-state index contributed by atoms with van der Waals surface area (Å²) in [6.45, 7) is 1.86. The monoisotopic (exact) mass is 262 g/mol. The van der Waals surface area contributed by atoms with E-state index < -0.39 is 4.92 Å². The van der Waals surface area contributed by atoms with E-state index in [9.17, 15) is 10.1 Å². The molecule has 0 bridgehead atoms. The summed E-state index contributed by atoms with van der Waals surface area (Å²) in [5.41, 5.74) is 2.17. The SMILES string of the molecule is COc1cc(Nc2cn(C)nc2C)cc([N+](=O)[O-])c1. The second-order valence-corrected chi connectivity index (χ2v) is 4.10. The van der Waals surface area contributed by atoms with Gasteiger partial charge in [0.1, 0.15) is 5.75 Å². The Morgan fingerprint density at radius 1 is 1.42 bits per heavy atom. The van der Waals surface area contributed by atoms with E-state index in [0.29, 0.717) is 11.4 Å². The molecule has 2 aromatic rings. The Balaban J connectivity index is 2.36. The van der Waals surface area contributed by atoms with Gasteiger partial charge in [0, 0.05) is 31.1 Å². The lowest BCUT2D eigenvalue weighted by Gasteiger charge is -2.07. The van der Waals surface area contributed by atoms with Crippen molar-refractivity contribution < 1.29 is 9.66 Å². The molecule has 0 aliphatic rings. The number of nitrogens with zero attached hydrogens (tertiary/aromatic N) is 3. The number of nitro benzene ring substituents is 1. The van der Waals surface area contributed by atoms with Crippen molar-refractivity contribution in [1.29, 1.82) is 0 Å². The summed E-state index contributed by atoms with van der Waals surface area (Å²) in [6.07, 6.45) is 1.81. The number of methoxy groups -OCH3 is 1. The molecular formula is C12H14N4O3. The van der Waals surface area contributed by atoms with Gasteiger partial charge in [0.25, 0.3) is 5.69 Å². The molecule has 1 aromatic carbocycles. The Labute approximate surface area is 110 Å². The van der Waals surface area contributed by atoms with Crippen molar-refractivity contribution in [2.45, 2.75) is 6.92 Å². The molecule has 7 heteroatoms. The molecule has 0 aliphatic carbocycles. The topological polar surface area (TPSA) is 82.2 Å². The van der Waals surface area contributed by atoms with Gasteiger partial charge in [-0.2, -0.15) is 5.10 Å². The number of anilines is 2. The molecule has 2 rings (SSSR count). The van der Waals surface area contributed by atoms with Crippen LogP contribution in [0, 0.1) is 17.0 Å². The fourth-order valence-corrected chi connectivity index (χ4v) is 1.76. The van der Waals surface area contributed by atoms with Crippen LogP contribution >= 0.6 is 0 Å². The minimum Gasteiger partial charge on any atom is -0.496 e. The van der Waals surface area contributed by atoms with Crippen LogP contribution in [-0.4, -0.2) is 21.8 Å². The predicted octanol–water partition coefficient (Wildman–Crippen LogP) is 2.39. The van der Waals surface area contributed by atoms with Gasteiger partial charge in [-0.1, -0.05) is 0 Å². The maximum Gasteiger partial charge on any atom is 0.275 e. The van der Waals surface area contributed by atoms with E-state index in [1.165, 1.54) is 19.2 Å². The third-order valence-corrected chi connectivity index (χ3v) is 2.63. The average molecular weight is 262 g/mol. The number of hydrogen-bond acceptors (Lipinski definition) is 5. The molecule has 0 unspecified atom stereocenters. The number of rotatable bonds is 4. The van der Waals surface area contributed by atoms with Gasteiger partial charge in [-0.05, 0) is 6.92 Å². The van der Waals surface area contributed by atoms with Crippen molar-refractivity contribution in [3.05, 3.63) is 40.2 Å². The highest BCUT2D eigenvalue weighted by molar-refractivity contribution is 5.65. The van der Waals surface area contributed by atoms with E-state index in [-0.39, 0.29) is 5.69 Å². The lowest BCUT2D eigenvalue weighted by molar-refractivity contribution is -0.384. The van der Waals surface area contributed by atoms with Crippen LogP contribution in [0.15, 0.2) is 24.4 Å². The van der Waals surface area contributed by atoms with E-state index in [1.54, 1.807) is 16.9 Å². The maximum atomic E-state index is 10.9. The second kappa shape index (κ2) is 4.97. The van der Waals surface area contributed by atoms with Crippen LogP contribution in [0.1, 0.15) is 5.69 Å². The van der Waals surface area contributed by atoms with Gasteiger partial charge in [0.05, 0.1) is 29.5 Å². The number of nitrogens with one attached hydrogen (secondary N) is 1. The molecule has 0 radical (unpaired) electrons. The van der Waals surface area contributed by atoms with E-state index in [2.05, 4.69) is 10.4 Å². The molecule has 1 N–H and O–H groups in total. The van der Waals surface area contributed by atoms with Gasteiger partial charge in [0.2, 0.25) is 0 Å². The smallest absolute Gasteiger partial charge is 0.275 e. The van der Waals surface area contributed by atoms with Crippen molar-refractivity contribution >= 4 is 17.1 Å². The summed E-state index contributed by atoms with van der Waals surface area (Å²) < 4.78 is 6.73. The largest absolute Gasteiger partial charge is 0.496 e. The first-order valence-electron chi connectivity index (χ1n) is 5.60. The molecule has 100 valence electrons. The van der Waals surface area contributed by atoms with Crippen LogP contribution in [0.5, 0.6) is 5.75 Å². The Morgan fingerprint density at radius 3 is 2.68 bits per heavy atom. The second-order valence-electron chi connectivity index (χ2n) is 4.10. The normalized spacial score (nSPS) is 10.3. The molecule has 0 aliphatic heterocycles. The Hall–Kier alpha value is -2.57. The van der Waals surface area contributed by atoms with Crippen molar-refractivity contribution in [2.75, 3.05) is 12.4 Å². The van der Waals surface area contributed by atoms with Crippen molar-refractivity contribution in [1.82, 2.24) is 9.78 Å². The molecule has 0 saturated carbocycles. The molecule has 7 nitrogen and oxygen atoms in total. The molecule has 1 aromatic heterocycles. The number of hydrogen-bond donors (Lipinski definition) is 1. The van der Waals surface area contributed by atoms with Gasteiger partial charge in [-0.3, -0.25) is 14.8 Å². The van der Waals surface area contributed by atoms with Crippen LogP contribution in [-0.2, 0) is 7.05 Å². The summed E-state index contributed by atoms with van der Waals surface area (Å²) in [5.74, 6) is 0.429. The standard InChI is InChI=1S/C12H14N4O3/c1-8-12(7-15(2)14-8)13-9-4-10(16(17)18)6-11(5-9)19-3/h4-7,13H,1-3H3. The quantitative estimate of drug-likeness (QED) is 0.675. The number of non-ortho nitro benzene ring substituents is 1. The molecule has 0 fully saturated rings. The van der Waals surface area contributed by atoms with Gasteiger partial charge in [0.15, 0.2) is 0 Å². The van der Waals surface area contributed by atoms with Crippen LogP contribution < -0.4 is 10.1 Å². The highest BCUT2D eigenvalue weighted by Gasteiger charge is 2.11. The number of benzene rings is 1. The number of nitro groups is 1. The Morgan fingerprint density at radius 2 is 2.16 bits per heavy atom. The molecule has 0 amide bonds. The van der Waals surface area contributed by atoms with E-state index in [4.69, 9.17) is 4.74 Å². The third-order valence-electron chi connectivity index (χ3n) is 2.63. The lowest BCUT2D eigenvalue weighted by Crippen LogP contribution is -1.95.